The van der Waals surface area contributed by atoms with E-state index in [-0.39, 0.29) is 5.78 Å². The van der Waals surface area contributed by atoms with Crippen molar-refractivity contribution in [1.29, 1.82) is 0 Å². The molecule has 0 saturated carbocycles. The van der Waals surface area contributed by atoms with Gasteiger partial charge in [-0.3, -0.25) is 9.78 Å². The van der Waals surface area contributed by atoms with Crippen molar-refractivity contribution in [1.82, 2.24) is 4.98 Å². The molecule has 3 nitrogen and oxygen atoms in total. The summed E-state index contributed by atoms with van der Waals surface area (Å²) in [4.78, 5) is 16.4. The fourth-order valence-corrected chi connectivity index (χ4v) is 1.97. The van der Waals surface area contributed by atoms with Crippen molar-refractivity contribution in [2.45, 2.75) is 0 Å². The Balaban J connectivity index is 1.85. The van der Waals surface area contributed by atoms with Crippen LogP contribution in [0.5, 0.6) is 11.5 Å². The van der Waals surface area contributed by atoms with E-state index >= 15 is 0 Å². The number of pyridine rings is 1. The smallest absolute Gasteiger partial charge is 0.211 e. The van der Waals surface area contributed by atoms with Gasteiger partial charge in [-0.15, -0.1) is 0 Å². The van der Waals surface area contributed by atoms with Gasteiger partial charge in [-0.05, 0) is 36.4 Å². The molecule has 21 heavy (non-hydrogen) atoms. The molecule has 0 atom stereocenters. The summed E-state index contributed by atoms with van der Waals surface area (Å²) in [5, 5.41) is 0. The molecule has 3 heteroatoms. The zero-order chi connectivity index (χ0) is 14.5. The Morgan fingerprint density at radius 2 is 1.57 bits per heavy atom. The largest absolute Gasteiger partial charge is 0.457 e. The van der Waals surface area contributed by atoms with E-state index in [4.69, 9.17) is 4.74 Å². The number of benzene rings is 2. The third-order valence-electron chi connectivity index (χ3n) is 2.97. The number of para-hydroxylation sites is 1. The molecule has 3 aromatic rings. The van der Waals surface area contributed by atoms with Crippen molar-refractivity contribution < 1.29 is 9.53 Å². The number of ether oxygens (including phenoxy) is 1. The van der Waals surface area contributed by atoms with Crippen LogP contribution in [0.3, 0.4) is 0 Å². The molecule has 3 rings (SSSR count). The van der Waals surface area contributed by atoms with Crippen LogP contribution in [0.1, 0.15) is 16.1 Å². The van der Waals surface area contributed by atoms with E-state index in [0.29, 0.717) is 17.0 Å². The number of carbonyl (C=O) groups is 1. The first-order chi connectivity index (χ1) is 10.3. The third-order valence-corrected chi connectivity index (χ3v) is 2.97. The molecule has 2 aromatic carbocycles. The monoisotopic (exact) mass is 275 g/mol. The summed E-state index contributed by atoms with van der Waals surface area (Å²) in [5.74, 6) is 1.25. The van der Waals surface area contributed by atoms with Crippen molar-refractivity contribution in [2.75, 3.05) is 0 Å². The lowest BCUT2D eigenvalue weighted by Gasteiger charge is -2.07. The number of hydrogen-bond acceptors (Lipinski definition) is 3. The van der Waals surface area contributed by atoms with E-state index in [2.05, 4.69) is 4.98 Å². The first kappa shape index (κ1) is 13.1. The number of aromatic nitrogens is 1. The minimum atomic E-state index is -0.117. The van der Waals surface area contributed by atoms with Crippen LogP contribution in [0.4, 0.5) is 0 Å². The average molecular weight is 275 g/mol. The first-order valence-electron chi connectivity index (χ1n) is 6.61. The van der Waals surface area contributed by atoms with Crippen LogP contribution in [-0.4, -0.2) is 10.8 Å². The number of hydrogen-bond donors (Lipinski definition) is 0. The van der Waals surface area contributed by atoms with Crippen molar-refractivity contribution in [3.8, 4) is 11.5 Å². The van der Waals surface area contributed by atoms with Gasteiger partial charge in [-0.25, -0.2) is 0 Å². The minimum absolute atomic E-state index is 0.117. The van der Waals surface area contributed by atoms with Crippen LogP contribution >= 0.6 is 0 Å². The minimum Gasteiger partial charge on any atom is -0.457 e. The van der Waals surface area contributed by atoms with Gasteiger partial charge in [0, 0.05) is 11.8 Å². The molecule has 0 amide bonds. The quantitative estimate of drug-likeness (QED) is 0.673. The summed E-state index contributed by atoms with van der Waals surface area (Å²) in [5.41, 5.74) is 0.983. The molecular weight excluding hydrogens is 262 g/mol. The van der Waals surface area contributed by atoms with Crippen LogP contribution < -0.4 is 4.74 Å². The Bertz CT molecular complexity index is 739. The van der Waals surface area contributed by atoms with Crippen LogP contribution in [-0.2, 0) is 0 Å². The maximum absolute atomic E-state index is 12.3. The summed E-state index contributed by atoms with van der Waals surface area (Å²) in [7, 11) is 0. The second-order valence-corrected chi connectivity index (χ2v) is 4.49. The second-order valence-electron chi connectivity index (χ2n) is 4.49. The summed E-state index contributed by atoms with van der Waals surface area (Å²) in [6.45, 7) is 0. The lowest BCUT2D eigenvalue weighted by Crippen LogP contribution is -2.03. The Kier molecular flexibility index (Phi) is 3.74. The molecule has 0 aliphatic heterocycles. The molecule has 0 fully saturated rings. The Morgan fingerprint density at radius 1 is 0.810 bits per heavy atom. The predicted octanol–water partition coefficient (Wildman–Crippen LogP) is 4.10. The van der Waals surface area contributed by atoms with E-state index in [1.807, 2.05) is 36.4 Å². The molecule has 0 spiro atoms. The third kappa shape index (κ3) is 3.15. The standard InChI is InChI=1S/C18H13NO2/c20-18(17-11-4-5-12-19-17)14-7-6-10-16(13-14)21-15-8-2-1-3-9-15/h1-13H. The molecule has 1 heterocycles. The van der Waals surface area contributed by atoms with Gasteiger partial charge in [0.25, 0.3) is 0 Å². The molecule has 0 aliphatic carbocycles. The lowest BCUT2D eigenvalue weighted by atomic mass is 10.1. The van der Waals surface area contributed by atoms with E-state index in [0.717, 1.165) is 5.75 Å². The molecule has 0 unspecified atom stereocenters. The molecule has 0 N–H and O–H groups in total. The van der Waals surface area contributed by atoms with Gasteiger partial charge in [0.05, 0.1) is 0 Å². The van der Waals surface area contributed by atoms with Gasteiger partial charge in [-0.1, -0.05) is 36.4 Å². The number of carbonyl (C=O) groups excluding carboxylic acids is 1. The summed E-state index contributed by atoms with van der Waals surface area (Å²) >= 11 is 0. The zero-order valence-corrected chi connectivity index (χ0v) is 11.3. The SMILES string of the molecule is O=C(c1cccc(Oc2ccccc2)c1)c1ccccn1. The zero-order valence-electron chi connectivity index (χ0n) is 11.3. The molecule has 0 radical (unpaired) electrons. The summed E-state index contributed by atoms with van der Waals surface area (Å²) < 4.78 is 5.73. The predicted molar refractivity (Wildman–Crippen MR) is 80.6 cm³/mol. The summed E-state index contributed by atoms with van der Waals surface area (Å²) in [6, 6.07) is 21.9. The molecule has 0 aliphatic rings. The molecule has 1 aromatic heterocycles. The normalized spacial score (nSPS) is 10.1. The van der Waals surface area contributed by atoms with Gasteiger partial charge in [0.1, 0.15) is 17.2 Å². The molecule has 102 valence electrons. The fraction of sp³-hybridized carbons (Fsp3) is 0. The van der Waals surface area contributed by atoms with Crippen molar-refractivity contribution in [2.24, 2.45) is 0 Å². The van der Waals surface area contributed by atoms with Crippen LogP contribution in [0.15, 0.2) is 79.0 Å². The van der Waals surface area contributed by atoms with Crippen molar-refractivity contribution in [3.63, 3.8) is 0 Å². The Labute approximate surface area is 122 Å². The van der Waals surface area contributed by atoms with Crippen LogP contribution in [0.2, 0.25) is 0 Å². The Morgan fingerprint density at radius 3 is 2.33 bits per heavy atom. The average Bonchev–Trinajstić information content (AvgIpc) is 2.56. The van der Waals surface area contributed by atoms with Crippen LogP contribution in [0.25, 0.3) is 0 Å². The highest BCUT2D eigenvalue weighted by Crippen LogP contribution is 2.22. The number of rotatable bonds is 4. The van der Waals surface area contributed by atoms with Gasteiger partial charge in [-0.2, -0.15) is 0 Å². The van der Waals surface area contributed by atoms with E-state index in [1.165, 1.54) is 0 Å². The molecule has 0 saturated heterocycles. The van der Waals surface area contributed by atoms with Gasteiger partial charge in [0.15, 0.2) is 0 Å². The maximum atomic E-state index is 12.3. The fourth-order valence-electron chi connectivity index (χ4n) is 1.97. The van der Waals surface area contributed by atoms with Gasteiger partial charge >= 0.3 is 0 Å². The maximum Gasteiger partial charge on any atom is 0.211 e. The molecule has 0 bridgehead atoms. The van der Waals surface area contributed by atoms with Crippen molar-refractivity contribution >= 4 is 5.78 Å². The van der Waals surface area contributed by atoms with E-state index < -0.39 is 0 Å². The van der Waals surface area contributed by atoms with Gasteiger partial charge < -0.3 is 4.74 Å². The highest BCUT2D eigenvalue weighted by molar-refractivity contribution is 6.07. The van der Waals surface area contributed by atoms with E-state index in [9.17, 15) is 4.79 Å². The summed E-state index contributed by atoms with van der Waals surface area (Å²) in [6.07, 6.45) is 1.61. The first-order valence-corrected chi connectivity index (χ1v) is 6.61. The number of nitrogens with zero attached hydrogens (tertiary/aromatic N) is 1. The lowest BCUT2D eigenvalue weighted by molar-refractivity contribution is 0.103. The van der Waals surface area contributed by atoms with Gasteiger partial charge in [0.2, 0.25) is 5.78 Å². The second kappa shape index (κ2) is 6.01. The Hall–Kier alpha value is -2.94. The highest BCUT2D eigenvalue weighted by Gasteiger charge is 2.10. The van der Waals surface area contributed by atoms with E-state index in [1.54, 1.807) is 42.6 Å². The highest BCUT2D eigenvalue weighted by atomic mass is 16.5. The topological polar surface area (TPSA) is 39.2 Å². The van der Waals surface area contributed by atoms with Crippen LogP contribution in [0, 0.1) is 0 Å². The molecular formula is C18H13NO2. The van der Waals surface area contributed by atoms with Crippen molar-refractivity contribution in [3.05, 3.63) is 90.3 Å². The number of ketones is 1.